The zero-order chi connectivity index (χ0) is 15.9. The Morgan fingerprint density at radius 3 is 2.64 bits per heavy atom. The van der Waals surface area contributed by atoms with E-state index in [1.165, 1.54) is 7.11 Å². The van der Waals surface area contributed by atoms with E-state index < -0.39 is 0 Å². The Labute approximate surface area is 137 Å². The molecule has 0 atom stereocenters. The standard InChI is InChI=1S/C16H14Cl2N2O2/c1-19-6-5-13-14(19)8-15(16(21)22-2)20(13)9-10-3-4-11(17)7-12(10)18/h3-8H,9H2,1-2H3. The van der Waals surface area contributed by atoms with Crippen LogP contribution in [0, 0.1) is 0 Å². The number of esters is 1. The summed E-state index contributed by atoms with van der Waals surface area (Å²) in [6.45, 7) is 0.466. The predicted octanol–water partition coefficient (Wildman–Crippen LogP) is 4.12. The van der Waals surface area contributed by atoms with Gasteiger partial charge in [-0.25, -0.2) is 4.79 Å². The van der Waals surface area contributed by atoms with Gasteiger partial charge in [-0.3, -0.25) is 0 Å². The van der Waals surface area contributed by atoms with Gasteiger partial charge in [0.05, 0.1) is 18.1 Å². The molecule has 2 aromatic heterocycles. The van der Waals surface area contributed by atoms with Gasteiger partial charge in [0.2, 0.25) is 0 Å². The second kappa shape index (κ2) is 5.71. The number of carbonyl (C=O) groups is 1. The number of halogens is 2. The summed E-state index contributed by atoms with van der Waals surface area (Å²) in [5.41, 5.74) is 3.30. The van der Waals surface area contributed by atoms with Gasteiger partial charge in [0.1, 0.15) is 5.69 Å². The van der Waals surface area contributed by atoms with Gasteiger partial charge in [-0.1, -0.05) is 29.3 Å². The Kier molecular flexibility index (Phi) is 3.89. The summed E-state index contributed by atoms with van der Waals surface area (Å²) in [6, 6.07) is 9.13. The van der Waals surface area contributed by atoms with Crippen LogP contribution in [0.2, 0.25) is 10.0 Å². The molecule has 0 N–H and O–H groups in total. The van der Waals surface area contributed by atoms with Crippen molar-refractivity contribution in [1.82, 2.24) is 9.13 Å². The number of ether oxygens (including phenoxy) is 1. The number of carbonyl (C=O) groups excluding carboxylic acids is 1. The van der Waals surface area contributed by atoms with Crippen molar-refractivity contribution in [3.05, 3.63) is 57.8 Å². The highest BCUT2D eigenvalue weighted by Gasteiger charge is 2.18. The lowest BCUT2D eigenvalue weighted by Crippen LogP contribution is -2.11. The molecule has 1 aromatic carbocycles. The van der Waals surface area contributed by atoms with Gasteiger partial charge in [-0.2, -0.15) is 0 Å². The fourth-order valence-electron chi connectivity index (χ4n) is 2.53. The van der Waals surface area contributed by atoms with Crippen LogP contribution < -0.4 is 0 Å². The molecule has 0 aliphatic carbocycles. The lowest BCUT2D eigenvalue weighted by molar-refractivity contribution is 0.0589. The van der Waals surface area contributed by atoms with Crippen molar-refractivity contribution in [2.45, 2.75) is 6.54 Å². The van der Waals surface area contributed by atoms with E-state index in [2.05, 4.69) is 0 Å². The van der Waals surface area contributed by atoms with Crippen molar-refractivity contribution in [2.75, 3.05) is 7.11 Å². The molecule has 0 saturated heterocycles. The Balaban J connectivity index is 2.13. The van der Waals surface area contributed by atoms with E-state index in [0.29, 0.717) is 22.3 Å². The first-order valence-electron chi connectivity index (χ1n) is 6.68. The summed E-state index contributed by atoms with van der Waals surface area (Å²) in [6.07, 6.45) is 1.95. The number of fused-ring (bicyclic) bond motifs is 1. The van der Waals surface area contributed by atoms with E-state index in [4.69, 9.17) is 27.9 Å². The van der Waals surface area contributed by atoms with Crippen molar-refractivity contribution >= 4 is 40.2 Å². The molecule has 3 aromatic rings. The molecule has 0 unspecified atom stereocenters. The number of nitrogens with zero attached hydrogens (tertiary/aromatic N) is 2. The van der Waals surface area contributed by atoms with Crippen molar-refractivity contribution in [3.8, 4) is 0 Å². The average molecular weight is 337 g/mol. The van der Waals surface area contributed by atoms with Crippen LogP contribution in [0.25, 0.3) is 11.0 Å². The summed E-state index contributed by atoms with van der Waals surface area (Å²) in [5.74, 6) is -0.374. The van der Waals surface area contributed by atoms with Crippen LogP contribution in [0.3, 0.4) is 0 Å². The van der Waals surface area contributed by atoms with Gasteiger partial charge >= 0.3 is 5.97 Å². The van der Waals surface area contributed by atoms with E-state index in [-0.39, 0.29) is 5.97 Å². The maximum absolute atomic E-state index is 12.0. The number of methoxy groups -OCH3 is 1. The summed E-state index contributed by atoms with van der Waals surface area (Å²) >= 11 is 12.2. The SMILES string of the molecule is COC(=O)c1cc2c(ccn2C)n1Cc1ccc(Cl)cc1Cl. The number of aromatic nitrogens is 2. The second-order valence-corrected chi connectivity index (χ2v) is 5.88. The van der Waals surface area contributed by atoms with Crippen LogP contribution in [0.5, 0.6) is 0 Å². The summed E-state index contributed by atoms with van der Waals surface area (Å²) in [5, 5.41) is 1.15. The highest BCUT2D eigenvalue weighted by atomic mass is 35.5. The summed E-state index contributed by atoms with van der Waals surface area (Å²) < 4.78 is 8.74. The molecule has 0 radical (unpaired) electrons. The molecule has 3 rings (SSSR count). The number of hydrogen-bond acceptors (Lipinski definition) is 2. The van der Waals surface area contributed by atoms with Gasteiger partial charge in [0.15, 0.2) is 0 Å². The number of hydrogen-bond donors (Lipinski definition) is 0. The molecule has 6 heteroatoms. The zero-order valence-electron chi connectivity index (χ0n) is 12.1. The Morgan fingerprint density at radius 2 is 1.95 bits per heavy atom. The molecule has 0 aliphatic rings. The van der Waals surface area contributed by atoms with Crippen LogP contribution in [-0.2, 0) is 18.3 Å². The molecular formula is C16H14Cl2N2O2. The predicted molar refractivity (Wildman–Crippen MR) is 87.8 cm³/mol. The average Bonchev–Trinajstić information content (AvgIpc) is 3.02. The van der Waals surface area contributed by atoms with Crippen molar-refractivity contribution in [3.63, 3.8) is 0 Å². The molecule has 0 amide bonds. The summed E-state index contributed by atoms with van der Waals surface area (Å²) in [4.78, 5) is 12.0. The van der Waals surface area contributed by atoms with Gasteiger partial charge in [0, 0.05) is 29.8 Å². The van der Waals surface area contributed by atoms with Crippen LogP contribution >= 0.6 is 23.2 Å². The number of rotatable bonds is 3. The molecule has 22 heavy (non-hydrogen) atoms. The third-order valence-corrected chi connectivity index (χ3v) is 4.28. The molecule has 0 aliphatic heterocycles. The van der Waals surface area contributed by atoms with Crippen LogP contribution in [0.1, 0.15) is 16.1 Å². The van der Waals surface area contributed by atoms with Crippen LogP contribution in [0.4, 0.5) is 0 Å². The van der Waals surface area contributed by atoms with E-state index in [1.807, 2.05) is 40.6 Å². The van der Waals surface area contributed by atoms with Gasteiger partial charge in [-0.05, 0) is 29.8 Å². The first kappa shape index (κ1) is 15.0. The Hall–Kier alpha value is -1.91. The lowest BCUT2D eigenvalue weighted by Gasteiger charge is -2.10. The maximum atomic E-state index is 12.0. The first-order valence-corrected chi connectivity index (χ1v) is 7.43. The second-order valence-electron chi connectivity index (χ2n) is 5.04. The normalized spacial score (nSPS) is 11.1. The minimum absolute atomic E-state index is 0.374. The van der Waals surface area contributed by atoms with E-state index >= 15 is 0 Å². The van der Waals surface area contributed by atoms with Crippen molar-refractivity contribution in [2.24, 2.45) is 7.05 Å². The Bertz CT molecular complexity index is 865. The van der Waals surface area contributed by atoms with Gasteiger partial charge in [-0.15, -0.1) is 0 Å². The first-order chi connectivity index (χ1) is 10.5. The molecule has 0 fully saturated rings. The molecule has 0 bridgehead atoms. The molecule has 114 valence electrons. The van der Waals surface area contributed by atoms with E-state index in [9.17, 15) is 4.79 Å². The zero-order valence-corrected chi connectivity index (χ0v) is 13.6. The fraction of sp³-hybridized carbons (Fsp3) is 0.188. The fourth-order valence-corrected chi connectivity index (χ4v) is 3.00. The monoisotopic (exact) mass is 336 g/mol. The lowest BCUT2D eigenvalue weighted by atomic mass is 10.2. The van der Waals surface area contributed by atoms with Crippen molar-refractivity contribution < 1.29 is 9.53 Å². The highest BCUT2D eigenvalue weighted by Crippen LogP contribution is 2.26. The molecular weight excluding hydrogens is 323 g/mol. The van der Waals surface area contributed by atoms with Gasteiger partial charge < -0.3 is 13.9 Å². The minimum atomic E-state index is -0.374. The third-order valence-electron chi connectivity index (χ3n) is 3.69. The summed E-state index contributed by atoms with van der Waals surface area (Å²) in [7, 11) is 3.31. The topological polar surface area (TPSA) is 36.2 Å². The molecule has 0 spiro atoms. The smallest absolute Gasteiger partial charge is 0.354 e. The van der Waals surface area contributed by atoms with Crippen LogP contribution in [0.15, 0.2) is 36.5 Å². The number of aryl methyl sites for hydroxylation is 1. The van der Waals surface area contributed by atoms with Crippen molar-refractivity contribution in [1.29, 1.82) is 0 Å². The van der Waals surface area contributed by atoms with E-state index in [1.54, 1.807) is 12.1 Å². The number of benzene rings is 1. The van der Waals surface area contributed by atoms with E-state index in [0.717, 1.165) is 16.6 Å². The quantitative estimate of drug-likeness (QED) is 0.674. The highest BCUT2D eigenvalue weighted by molar-refractivity contribution is 6.35. The largest absolute Gasteiger partial charge is 0.464 e. The Morgan fingerprint density at radius 1 is 1.18 bits per heavy atom. The third kappa shape index (κ3) is 2.49. The van der Waals surface area contributed by atoms with Gasteiger partial charge in [0.25, 0.3) is 0 Å². The molecule has 2 heterocycles. The van der Waals surface area contributed by atoms with Crippen LogP contribution in [-0.4, -0.2) is 22.2 Å². The molecule has 0 saturated carbocycles. The maximum Gasteiger partial charge on any atom is 0.354 e. The minimum Gasteiger partial charge on any atom is -0.464 e. The molecule has 4 nitrogen and oxygen atoms in total.